The minimum Gasteiger partial charge on any atom is -0.494 e. The molecule has 1 aromatic heterocycles. The lowest BCUT2D eigenvalue weighted by Gasteiger charge is -2.07. The molecule has 0 aliphatic heterocycles. The van der Waals surface area contributed by atoms with Crippen molar-refractivity contribution in [1.82, 2.24) is 4.98 Å². The molecule has 3 nitrogen and oxygen atoms in total. The molecular weight excluding hydrogens is 384 g/mol. The van der Waals surface area contributed by atoms with E-state index in [9.17, 15) is 5.26 Å². The van der Waals surface area contributed by atoms with E-state index in [0.717, 1.165) is 20.3 Å². The fraction of sp³-hybridized carbons (Fsp3) is 0.0667. The molecule has 0 aliphatic rings. The van der Waals surface area contributed by atoms with Crippen LogP contribution in [0.1, 0.15) is 11.3 Å². The van der Waals surface area contributed by atoms with Crippen LogP contribution in [0.4, 0.5) is 0 Å². The predicted octanol–water partition coefficient (Wildman–Crippen LogP) is 4.68. The van der Waals surface area contributed by atoms with E-state index >= 15 is 0 Å². The Balaban J connectivity index is 2.47. The number of benzene rings is 1. The van der Waals surface area contributed by atoms with Gasteiger partial charge in [0.05, 0.1) is 27.3 Å². The lowest BCUT2D eigenvalue weighted by Crippen LogP contribution is -1.89. The molecule has 0 bridgehead atoms. The van der Waals surface area contributed by atoms with E-state index in [2.05, 4.69) is 42.9 Å². The van der Waals surface area contributed by atoms with E-state index in [1.807, 2.05) is 30.3 Å². The van der Waals surface area contributed by atoms with Gasteiger partial charge in [-0.3, -0.25) is 4.98 Å². The Bertz CT molecular complexity index is 668. The first-order valence-electron chi connectivity index (χ1n) is 5.72. The van der Waals surface area contributed by atoms with Crippen molar-refractivity contribution in [3.05, 3.63) is 56.7 Å². The summed E-state index contributed by atoms with van der Waals surface area (Å²) < 4.78 is 6.89. The minimum atomic E-state index is 0.509. The molecule has 0 saturated carbocycles. The second-order valence-corrected chi connectivity index (χ2v) is 5.61. The van der Waals surface area contributed by atoms with Crippen LogP contribution in [0.3, 0.4) is 0 Å². The number of rotatable bonds is 3. The number of nitrogens with zero attached hydrogens (tertiary/aromatic N) is 2. The molecule has 2 rings (SSSR count). The van der Waals surface area contributed by atoms with Gasteiger partial charge >= 0.3 is 0 Å². The first-order valence-corrected chi connectivity index (χ1v) is 7.30. The second-order valence-electron chi connectivity index (χ2n) is 3.90. The summed E-state index contributed by atoms with van der Waals surface area (Å²) in [6, 6.07) is 11.4. The topological polar surface area (TPSA) is 45.9 Å². The fourth-order valence-electron chi connectivity index (χ4n) is 1.71. The Labute approximate surface area is 134 Å². The molecule has 0 amide bonds. The van der Waals surface area contributed by atoms with Gasteiger partial charge in [0.2, 0.25) is 0 Å². The van der Waals surface area contributed by atoms with Gasteiger partial charge in [-0.1, -0.05) is 6.07 Å². The summed E-state index contributed by atoms with van der Waals surface area (Å²) in [5.74, 6) is 0.721. The maximum Gasteiger partial charge on any atom is 0.147 e. The molecule has 5 heteroatoms. The molecule has 0 radical (unpaired) electrons. The van der Waals surface area contributed by atoms with Gasteiger partial charge in [-0.25, -0.2) is 0 Å². The predicted molar refractivity (Wildman–Crippen MR) is 86.1 cm³/mol. The van der Waals surface area contributed by atoms with E-state index in [-0.39, 0.29) is 0 Å². The number of nitriles is 1. The Morgan fingerprint density at radius 2 is 2.00 bits per heavy atom. The van der Waals surface area contributed by atoms with Crippen molar-refractivity contribution in [2.45, 2.75) is 0 Å². The molecule has 1 heterocycles. The van der Waals surface area contributed by atoms with Gasteiger partial charge in [-0.05, 0) is 67.8 Å². The van der Waals surface area contributed by atoms with Crippen LogP contribution in [-0.2, 0) is 0 Å². The number of allylic oxidation sites excluding steroid dienone is 1. The van der Waals surface area contributed by atoms with Gasteiger partial charge in [0.25, 0.3) is 0 Å². The zero-order valence-electron chi connectivity index (χ0n) is 10.6. The highest BCUT2D eigenvalue weighted by Crippen LogP contribution is 2.35. The highest BCUT2D eigenvalue weighted by molar-refractivity contribution is 9.11. The average molecular weight is 394 g/mol. The highest BCUT2D eigenvalue weighted by Gasteiger charge is 2.08. The Kier molecular flexibility index (Phi) is 4.94. The first kappa shape index (κ1) is 14.8. The summed E-state index contributed by atoms with van der Waals surface area (Å²) in [6.45, 7) is 0. The summed E-state index contributed by atoms with van der Waals surface area (Å²) in [7, 11) is 1.61. The maximum absolute atomic E-state index is 9.27. The molecule has 100 valence electrons. The fourth-order valence-corrected chi connectivity index (χ4v) is 3.26. The number of halogens is 2. The third-order valence-electron chi connectivity index (χ3n) is 2.60. The molecule has 0 fully saturated rings. The third kappa shape index (κ3) is 3.27. The molecular formula is C15H10Br2N2O. The standard InChI is InChI=1S/C15H10Br2N2O/c1-20-15-12(16)7-10(8-13(15)17)6-11(9-18)14-4-2-3-5-19-14/h2-8H,1H3. The number of hydrogen-bond donors (Lipinski definition) is 0. The average Bonchev–Trinajstić information content (AvgIpc) is 2.45. The summed E-state index contributed by atoms with van der Waals surface area (Å²) in [5.41, 5.74) is 2.04. The van der Waals surface area contributed by atoms with Crippen molar-refractivity contribution in [3.63, 3.8) is 0 Å². The summed E-state index contributed by atoms with van der Waals surface area (Å²) in [5, 5.41) is 9.27. The Hall–Kier alpha value is -1.64. The van der Waals surface area contributed by atoms with Crippen LogP contribution in [-0.4, -0.2) is 12.1 Å². The smallest absolute Gasteiger partial charge is 0.147 e. The molecule has 0 saturated heterocycles. The molecule has 20 heavy (non-hydrogen) atoms. The lowest BCUT2D eigenvalue weighted by atomic mass is 10.1. The van der Waals surface area contributed by atoms with E-state index in [4.69, 9.17) is 4.74 Å². The monoisotopic (exact) mass is 392 g/mol. The van der Waals surface area contributed by atoms with E-state index in [1.165, 1.54) is 0 Å². The SMILES string of the molecule is COc1c(Br)cc(C=C(C#N)c2ccccn2)cc1Br. The van der Waals surface area contributed by atoms with Gasteiger partial charge in [-0.2, -0.15) is 5.26 Å². The number of methoxy groups -OCH3 is 1. The van der Waals surface area contributed by atoms with Crippen molar-refractivity contribution in [1.29, 1.82) is 5.26 Å². The summed E-state index contributed by atoms with van der Waals surface area (Å²) in [4.78, 5) is 4.19. The Morgan fingerprint density at radius 3 is 2.50 bits per heavy atom. The Morgan fingerprint density at radius 1 is 1.30 bits per heavy atom. The van der Waals surface area contributed by atoms with E-state index in [1.54, 1.807) is 19.4 Å². The van der Waals surface area contributed by atoms with Crippen molar-refractivity contribution < 1.29 is 4.74 Å². The first-order chi connectivity index (χ1) is 9.65. The summed E-state index contributed by atoms with van der Waals surface area (Å²) in [6.07, 6.45) is 3.46. The van der Waals surface area contributed by atoms with Crippen LogP contribution < -0.4 is 4.74 Å². The third-order valence-corrected chi connectivity index (χ3v) is 3.78. The zero-order valence-corrected chi connectivity index (χ0v) is 13.8. The largest absolute Gasteiger partial charge is 0.494 e. The number of aromatic nitrogens is 1. The van der Waals surface area contributed by atoms with Crippen LogP contribution >= 0.6 is 31.9 Å². The van der Waals surface area contributed by atoms with Crippen molar-refractivity contribution in [2.24, 2.45) is 0 Å². The van der Waals surface area contributed by atoms with Crippen LogP contribution in [0.15, 0.2) is 45.5 Å². The second kappa shape index (κ2) is 6.69. The van der Waals surface area contributed by atoms with Crippen LogP contribution in [0.5, 0.6) is 5.75 Å². The van der Waals surface area contributed by atoms with E-state index in [0.29, 0.717) is 11.3 Å². The van der Waals surface area contributed by atoms with Crippen LogP contribution in [0.25, 0.3) is 11.6 Å². The van der Waals surface area contributed by atoms with Gasteiger partial charge < -0.3 is 4.74 Å². The maximum atomic E-state index is 9.27. The lowest BCUT2D eigenvalue weighted by molar-refractivity contribution is 0.409. The van der Waals surface area contributed by atoms with E-state index < -0.39 is 0 Å². The normalized spacial score (nSPS) is 11.0. The molecule has 0 spiro atoms. The molecule has 0 unspecified atom stereocenters. The van der Waals surface area contributed by atoms with Crippen molar-refractivity contribution in [2.75, 3.05) is 7.11 Å². The van der Waals surface area contributed by atoms with Gasteiger partial charge in [0, 0.05) is 6.20 Å². The summed E-state index contributed by atoms with van der Waals surface area (Å²) >= 11 is 6.89. The molecule has 0 N–H and O–H groups in total. The van der Waals surface area contributed by atoms with Crippen molar-refractivity contribution in [3.8, 4) is 11.8 Å². The van der Waals surface area contributed by atoms with Crippen LogP contribution in [0.2, 0.25) is 0 Å². The van der Waals surface area contributed by atoms with Crippen molar-refractivity contribution >= 4 is 43.5 Å². The molecule has 2 aromatic rings. The molecule has 0 atom stereocenters. The van der Waals surface area contributed by atoms with Crippen LogP contribution in [0, 0.1) is 11.3 Å². The zero-order chi connectivity index (χ0) is 14.5. The number of pyridine rings is 1. The van der Waals surface area contributed by atoms with Gasteiger partial charge in [0.1, 0.15) is 11.8 Å². The van der Waals surface area contributed by atoms with Gasteiger partial charge in [0.15, 0.2) is 0 Å². The number of hydrogen-bond acceptors (Lipinski definition) is 3. The quantitative estimate of drug-likeness (QED) is 0.711. The highest BCUT2D eigenvalue weighted by atomic mass is 79.9. The molecule has 0 aliphatic carbocycles. The minimum absolute atomic E-state index is 0.509. The number of ether oxygens (including phenoxy) is 1. The van der Waals surface area contributed by atoms with Gasteiger partial charge in [-0.15, -0.1) is 0 Å². The molecule has 1 aromatic carbocycles.